The number of allylic oxidation sites excluding steroid dienone is 2. The van der Waals surface area contributed by atoms with Crippen LogP contribution < -0.4 is 0 Å². The fraction of sp³-hybridized carbons (Fsp3) is 0.727. The van der Waals surface area contributed by atoms with Crippen molar-refractivity contribution in [1.29, 1.82) is 0 Å². The minimum Gasteiger partial charge on any atom is -0.0883 e. The fourth-order valence-corrected chi connectivity index (χ4v) is 1.58. The molecule has 0 heteroatoms. The lowest BCUT2D eigenvalue weighted by atomic mass is 9.99. The van der Waals surface area contributed by atoms with Gasteiger partial charge in [-0.05, 0) is 32.1 Å². The van der Waals surface area contributed by atoms with Crippen LogP contribution in [0.4, 0.5) is 0 Å². The molecule has 1 unspecified atom stereocenters. The standard InChI is InChI=1S/C11H19/c1-11-9-7-5-3-2-4-6-8-10-11/h7,9,11H,1-6,8,10H2/b9-7+. The average molecular weight is 151 g/mol. The summed E-state index contributed by atoms with van der Waals surface area (Å²) in [5.74, 6) is 0.577. The van der Waals surface area contributed by atoms with E-state index in [4.69, 9.17) is 0 Å². The van der Waals surface area contributed by atoms with Crippen molar-refractivity contribution in [2.75, 3.05) is 0 Å². The van der Waals surface area contributed by atoms with Crippen molar-refractivity contribution in [1.82, 2.24) is 0 Å². The number of hydrogen-bond acceptors (Lipinski definition) is 0. The highest BCUT2D eigenvalue weighted by molar-refractivity contribution is 4.89. The first kappa shape index (κ1) is 8.83. The zero-order valence-corrected chi connectivity index (χ0v) is 7.39. The van der Waals surface area contributed by atoms with Crippen LogP contribution in [-0.4, -0.2) is 0 Å². The summed E-state index contributed by atoms with van der Waals surface area (Å²) in [7, 11) is 0. The molecule has 0 saturated heterocycles. The van der Waals surface area contributed by atoms with Crippen LogP contribution in [0.25, 0.3) is 0 Å². The van der Waals surface area contributed by atoms with E-state index in [1.54, 1.807) is 0 Å². The number of rotatable bonds is 0. The van der Waals surface area contributed by atoms with Crippen molar-refractivity contribution in [3.05, 3.63) is 19.1 Å². The van der Waals surface area contributed by atoms with E-state index >= 15 is 0 Å². The summed E-state index contributed by atoms with van der Waals surface area (Å²) in [6.07, 6.45) is 14.2. The Balaban J connectivity index is 2.26. The molecule has 0 heterocycles. The van der Waals surface area contributed by atoms with Crippen LogP contribution in [0.2, 0.25) is 0 Å². The van der Waals surface area contributed by atoms with E-state index in [1.165, 1.54) is 44.9 Å². The van der Waals surface area contributed by atoms with Gasteiger partial charge < -0.3 is 0 Å². The smallest absolute Gasteiger partial charge is 0.0233 e. The lowest BCUT2D eigenvalue weighted by molar-refractivity contribution is 0.557. The van der Waals surface area contributed by atoms with Gasteiger partial charge in [0.05, 0.1) is 0 Å². The molecular formula is C11H19. The highest BCUT2D eigenvalue weighted by Gasteiger charge is 1.98. The Morgan fingerprint density at radius 3 is 2.64 bits per heavy atom. The predicted molar refractivity (Wildman–Crippen MR) is 50.3 cm³/mol. The zero-order valence-electron chi connectivity index (χ0n) is 7.39. The van der Waals surface area contributed by atoms with Gasteiger partial charge in [0.25, 0.3) is 0 Å². The molecule has 0 fully saturated rings. The van der Waals surface area contributed by atoms with E-state index in [1.807, 2.05) is 0 Å². The highest BCUT2D eigenvalue weighted by atomic mass is 14.0. The maximum Gasteiger partial charge on any atom is -0.0233 e. The van der Waals surface area contributed by atoms with Crippen LogP contribution in [0.1, 0.15) is 44.9 Å². The van der Waals surface area contributed by atoms with Gasteiger partial charge in [-0.15, -0.1) is 0 Å². The molecule has 0 aliphatic heterocycles. The Hall–Kier alpha value is -0.260. The van der Waals surface area contributed by atoms with Gasteiger partial charge in [0.2, 0.25) is 0 Å². The summed E-state index contributed by atoms with van der Waals surface area (Å²) in [5.41, 5.74) is 0. The van der Waals surface area contributed by atoms with Crippen molar-refractivity contribution < 1.29 is 0 Å². The topological polar surface area (TPSA) is 0 Å². The first-order valence-electron chi connectivity index (χ1n) is 4.89. The molecule has 0 aromatic rings. The lowest BCUT2D eigenvalue weighted by Crippen LogP contribution is -1.92. The molecule has 63 valence electrons. The molecule has 0 spiro atoms. The van der Waals surface area contributed by atoms with Gasteiger partial charge in [0.15, 0.2) is 0 Å². The molecule has 1 radical (unpaired) electrons. The molecule has 1 atom stereocenters. The van der Waals surface area contributed by atoms with E-state index in [-0.39, 0.29) is 0 Å². The lowest BCUT2D eigenvalue weighted by Gasteiger charge is -2.07. The molecule has 11 heavy (non-hydrogen) atoms. The molecule has 0 bridgehead atoms. The largest absolute Gasteiger partial charge is 0.0883 e. The molecule has 0 saturated carbocycles. The Labute approximate surface area is 70.7 Å². The molecule has 1 aliphatic carbocycles. The van der Waals surface area contributed by atoms with E-state index in [2.05, 4.69) is 19.1 Å². The zero-order chi connectivity index (χ0) is 7.94. The van der Waals surface area contributed by atoms with Crippen LogP contribution in [0.15, 0.2) is 12.2 Å². The number of hydrogen-bond donors (Lipinski definition) is 0. The van der Waals surface area contributed by atoms with Crippen LogP contribution >= 0.6 is 0 Å². The van der Waals surface area contributed by atoms with E-state index < -0.39 is 0 Å². The van der Waals surface area contributed by atoms with Gasteiger partial charge in [0, 0.05) is 0 Å². The van der Waals surface area contributed by atoms with Gasteiger partial charge in [-0.25, -0.2) is 0 Å². The Morgan fingerprint density at radius 2 is 1.73 bits per heavy atom. The quantitative estimate of drug-likeness (QED) is 0.463. The maximum atomic E-state index is 4.08. The minimum atomic E-state index is 0.577. The highest BCUT2D eigenvalue weighted by Crippen LogP contribution is 2.15. The Kier molecular flexibility index (Phi) is 4.33. The Morgan fingerprint density at radius 1 is 1.00 bits per heavy atom. The second-order valence-electron chi connectivity index (χ2n) is 3.53. The van der Waals surface area contributed by atoms with Crippen molar-refractivity contribution in [3.8, 4) is 0 Å². The Bertz CT molecular complexity index is 113. The molecule has 1 rings (SSSR count). The summed E-state index contributed by atoms with van der Waals surface area (Å²) in [6.45, 7) is 4.08. The molecule has 0 aromatic heterocycles. The summed E-state index contributed by atoms with van der Waals surface area (Å²) in [4.78, 5) is 0. The maximum absolute atomic E-state index is 4.08. The SMILES string of the molecule is [CH2]C1/C=C/CCCCCCC1. The van der Waals surface area contributed by atoms with Crippen LogP contribution in [0, 0.1) is 12.8 Å². The van der Waals surface area contributed by atoms with Gasteiger partial charge in [-0.1, -0.05) is 37.8 Å². The van der Waals surface area contributed by atoms with Gasteiger partial charge in [-0.3, -0.25) is 0 Å². The first-order chi connectivity index (χ1) is 5.39. The molecular weight excluding hydrogens is 132 g/mol. The molecule has 0 amide bonds. The summed E-state index contributed by atoms with van der Waals surface area (Å²) < 4.78 is 0. The molecule has 0 aromatic carbocycles. The predicted octanol–water partition coefficient (Wildman–Crippen LogP) is 3.74. The second kappa shape index (κ2) is 5.40. The fourth-order valence-electron chi connectivity index (χ4n) is 1.58. The van der Waals surface area contributed by atoms with E-state index in [0.29, 0.717) is 5.92 Å². The van der Waals surface area contributed by atoms with Crippen molar-refractivity contribution in [3.63, 3.8) is 0 Å². The van der Waals surface area contributed by atoms with E-state index in [9.17, 15) is 0 Å². The second-order valence-corrected chi connectivity index (χ2v) is 3.53. The normalized spacial score (nSPS) is 31.2. The third-order valence-corrected chi connectivity index (χ3v) is 2.35. The summed E-state index contributed by atoms with van der Waals surface area (Å²) >= 11 is 0. The molecule has 0 nitrogen and oxygen atoms in total. The van der Waals surface area contributed by atoms with Gasteiger partial charge >= 0.3 is 0 Å². The van der Waals surface area contributed by atoms with Crippen molar-refractivity contribution >= 4 is 0 Å². The van der Waals surface area contributed by atoms with Gasteiger partial charge in [0.1, 0.15) is 0 Å². The third-order valence-electron chi connectivity index (χ3n) is 2.35. The summed E-state index contributed by atoms with van der Waals surface area (Å²) in [5, 5.41) is 0. The third kappa shape index (κ3) is 4.23. The average Bonchev–Trinajstić information content (AvgIpc) is 2.03. The first-order valence-corrected chi connectivity index (χ1v) is 4.89. The minimum absolute atomic E-state index is 0.577. The molecule has 0 N–H and O–H groups in total. The van der Waals surface area contributed by atoms with Crippen molar-refractivity contribution in [2.45, 2.75) is 44.9 Å². The van der Waals surface area contributed by atoms with Crippen LogP contribution in [0.5, 0.6) is 0 Å². The van der Waals surface area contributed by atoms with E-state index in [0.717, 1.165) is 0 Å². The van der Waals surface area contributed by atoms with Crippen LogP contribution in [-0.2, 0) is 0 Å². The van der Waals surface area contributed by atoms with Crippen molar-refractivity contribution in [2.24, 2.45) is 5.92 Å². The molecule has 1 aliphatic rings. The monoisotopic (exact) mass is 151 g/mol. The summed E-state index contributed by atoms with van der Waals surface area (Å²) in [6, 6.07) is 0. The van der Waals surface area contributed by atoms with Gasteiger partial charge in [-0.2, -0.15) is 0 Å². The van der Waals surface area contributed by atoms with Crippen LogP contribution in [0.3, 0.4) is 0 Å².